The molecule has 2 atom stereocenters. The van der Waals surface area contributed by atoms with Crippen molar-refractivity contribution in [2.24, 2.45) is 5.92 Å². The van der Waals surface area contributed by atoms with Crippen molar-refractivity contribution in [2.75, 3.05) is 31.6 Å². The number of likely N-dealkylation sites (N-methyl/N-ethyl adjacent to an activating group) is 1. The molecule has 0 saturated carbocycles. The summed E-state index contributed by atoms with van der Waals surface area (Å²) in [7, 11) is 2.07. The zero-order valence-corrected chi connectivity index (χ0v) is 15.9. The van der Waals surface area contributed by atoms with E-state index in [1.165, 1.54) is 0 Å². The van der Waals surface area contributed by atoms with E-state index in [2.05, 4.69) is 22.2 Å². The minimum absolute atomic E-state index is 0.00584. The van der Waals surface area contributed by atoms with Gasteiger partial charge in [0.05, 0.1) is 16.9 Å². The summed E-state index contributed by atoms with van der Waals surface area (Å²) in [6.07, 6.45) is 0.520. The number of carbonyl (C=O) groups excluding carboxylic acids is 1. The first-order valence-electron chi connectivity index (χ1n) is 9.57. The molecule has 0 aromatic heterocycles. The summed E-state index contributed by atoms with van der Waals surface area (Å²) < 4.78 is 0. The highest BCUT2D eigenvalue weighted by molar-refractivity contribution is 5.82. The molecule has 2 aliphatic heterocycles. The highest BCUT2D eigenvalue weighted by atomic mass is 16.6. The summed E-state index contributed by atoms with van der Waals surface area (Å²) in [4.78, 5) is 28.4. The molecule has 1 saturated heterocycles. The van der Waals surface area contributed by atoms with E-state index in [9.17, 15) is 14.9 Å². The molecule has 2 aromatic carbocycles. The van der Waals surface area contributed by atoms with Crippen LogP contribution < -0.4 is 10.2 Å². The van der Waals surface area contributed by atoms with Crippen LogP contribution in [0.2, 0.25) is 0 Å². The zero-order valence-electron chi connectivity index (χ0n) is 15.9. The Morgan fingerprint density at radius 1 is 1.21 bits per heavy atom. The van der Waals surface area contributed by atoms with Crippen LogP contribution in [0.3, 0.4) is 0 Å². The van der Waals surface area contributed by atoms with Gasteiger partial charge in [0.25, 0.3) is 5.69 Å². The second-order valence-electron chi connectivity index (χ2n) is 7.61. The summed E-state index contributed by atoms with van der Waals surface area (Å²) in [6, 6.07) is 14.9. The molecule has 2 aromatic rings. The number of non-ortho nitro benzene ring substituents is 1. The largest absolute Gasteiger partial charge is 0.365 e. The van der Waals surface area contributed by atoms with Gasteiger partial charge in [-0.05, 0) is 30.7 Å². The molecule has 1 N–H and O–H groups in total. The summed E-state index contributed by atoms with van der Waals surface area (Å²) in [6.45, 7) is 3.01. The van der Waals surface area contributed by atoms with Crippen LogP contribution in [0.5, 0.6) is 0 Å². The maximum Gasteiger partial charge on any atom is 0.269 e. The van der Waals surface area contributed by atoms with Crippen LogP contribution in [0, 0.1) is 16.0 Å². The van der Waals surface area contributed by atoms with Gasteiger partial charge in [-0.3, -0.25) is 14.9 Å². The number of hydrogen-bond acceptors (Lipinski definition) is 5. The number of nitrogens with one attached hydrogen (secondary N) is 1. The topological polar surface area (TPSA) is 78.7 Å². The Labute approximate surface area is 164 Å². The lowest BCUT2D eigenvalue weighted by molar-refractivity contribution is -0.384. The van der Waals surface area contributed by atoms with Crippen LogP contribution in [-0.4, -0.2) is 48.5 Å². The maximum absolute atomic E-state index is 13.1. The lowest BCUT2D eigenvalue weighted by Gasteiger charge is -2.48. The molecule has 0 spiro atoms. The molecule has 4 rings (SSSR count). The van der Waals surface area contributed by atoms with Gasteiger partial charge in [-0.25, -0.2) is 0 Å². The monoisotopic (exact) mass is 380 g/mol. The van der Waals surface area contributed by atoms with Gasteiger partial charge in [0.1, 0.15) is 0 Å². The lowest BCUT2D eigenvalue weighted by atomic mass is 9.83. The van der Waals surface area contributed by atoms with Gasteiger partial charge in [-0.1, -0.05) is 30.3 Å². The fourth-order valence-corrected chi connectivity index (χ4v) is 4.28. The van der Waals surface area contributed by atoms with E-state index >= 15 is 0 Å². The quantitative estimate of drug-likeness (QED) is 0.650. The number of nitro benzene ring substituents is 1. The first kappa shape index (κ1) is 18.4. The molecule has 2 aliphatic rings. The summed E-state index contributed by atoms with van der Waals surface area (Å²) in [5, 5.41) is 14.3. The minimum atomic E-state index is -0.374. The fraction of sp³-hybridized carbons (Fsp3) is 0.381. The molecule has 0 radical (unpaired) electrons. The number of fused-ring (bicyclic) bond motifs is 3. The van der Waals surface area contributed by atoms with Crippen LogP contribution >= 0.6 is 0 Å². The van der Waals surface area contributed by atoms with E-state index in [1.54, 1.807) is 12.1 Å². The van der Waals surface area contributed by atoms with E-state index in [0.717, 1.165) is 36.4 Å². The predicted octanol–water partition coefficient (Wildman–Crippen LogP) is 2.20. The van der Waals surface area contributed by atoms with E-state index in [4.69, 9.17) is 0 Å². The van der Waals surface area contributed by atoms with Gasteiger partial charge >= 0.3 is 0 Å². The summed E-state index contributed by atoms with van der Waals surface area (Å²) in [5.41, 5.74) is 3.04. The van der Waals surface area contributed by atoms with E-state index in [1.807, 2.05) is 36.4 Å². The second-order valence-corrected chi connectivity index (χ2v) is 7.61. The molecule has 1 fully saturated rings. The Morgan fingerprint density at radius 3 is 2.75 bits per heavy atom. The highest BCUT2D eigenvalue weighted by Crippen LogP contribution is 2.37. The Bertz CT molecular complexity index is 886. The third-order valence-electron chi connectivity index (χ3n) is 5.76. The molecular weight excluding hydrogens is 356 g/mol. The molecule has 146 valence electrons. The number of nitrogens with zero attached hydrogens (tertiary/aromatic N) is 3. The Kier molecular flexibility index (Phi) is 5.00. The molecule has 1 amide bonds. The number of piperazine rings is 1. The summed E-state index contributed by atoms with van der Waals surface area (Å²) in [5.74, 6) is -0.229. The van der Waals surface area contributed by atoms with Crippen molar-refractivity contribution < 1.29 is 9.72 Å². The van der Waals surface area contributed by atoms with E-state index < -0.39 is 0 Å². The molecule has 0 aliphatic carbocycles. The SMILES string of the molecule is CN1CCN2c3ccc([N+](=O)[O-])cc3C[C@H](C(=O)NCc3ccccc3)[C@@H]2C1. The fourth-order valence-electron chi connectivity index (χ4n) is 4.28. The van der Waals surface area contributed by atoms with Gasteiger partial charge in [0, 0.05) is 44.0 Å². The van der Waals surface area contributed by atoms with Crippen LogP contribution in [0.25, 0.3) is 0 Å². The predicted molar refractivity (Wildman–Crippen MR) is 107 cm³/mol. The smallest absolute Gasteiger partial charge is 0.269 e. The first-order valence-corrected chi connectivity index (χ1v) is 9.57. The lowest BCUT2D eigenvalue weighted by Crippen LogP contribution is -2.60. The third kappa shape index (κ3) is 3.57. The van der Waals surface area contributed by atoms with Gasteiger partial charge < -0.3 is 15.1 Å². The molecule has 2 heterocycles. The number of carbonyl (C=O) groups is 1. The van der Waals surface area contributed by atoms with Gasteiger partial charge in [0.15, 0.2) is 0 Å². The zero-order chi connectivity index (χ0) is 19.7. The van der Waals surface area contributed by atoms with Gasteiger partial charge in [-0.15, -0.1) is 0 Å². The van der Waals surface area contributed by atoms with Crippen LogP contribution in [0.1, 0.15) is 11.1 Å². The molecule has 7 nitrogen and oxygen atoms in total. The number of anilines is 1. The van der Waals surface area contributed by atoms with Crippen molar-refractivity contribution in [3.8, 4) is 0 Å². The third-order valence-corrected chi connectivity index (χ3v) is 5.76. The Hall–Kier alpha value is -2.93. The van der Waals surface area contributed by atoms with E-state index in [0.29, 0.717) is 13.0 Å². The molecule has 0 unspecified atom stereocenters. The van der Waals surface area contributed by atoms with Crippen molar-refractivity contribution in [3.05, 3.63) is 69.8 Å². The standard InChI is InChI=1S/C21H24N4O3/c1-23-9-10-24-19-8-7-17(25(27)28)11-16(19)12-18(20(24)14-23)21(26)22-13-15-5-3-2-4-6-15/h2-8,11,18,20H,9-10,12-14H2,1H3,(H,22,26)/t18-,20-/m0/s1. The number of amides is 1. The second kappa shape index (κ2) is 7.59. The van der Waals surface area contributed by atoms with Gasteiger partial charge in [-0.2, -0.15) is 0 Å². The van der Waals surface area contributed by atoms with Crippen LogP contribution in [-0.2, 0) is 17.8 Å². The van der Waals surface area contributed by atoms with Crippen LogP contribution in [0.4, 0.5) is 11.4 Å². The normalized spacial score (nSPS) is 21.5. The van der Waals surface area contributed by atoms with Crippen molar-refractivity contribution >= 4 is 17.3 Å². The van der Waals surface area contributed by atoms with Crippen LogP contribution in [0.15, 0.2) is 48.5 Å². The number of rotatable bonds is 4. The number of nitro groups is 1. The van der Waals surface area contributed by atoms with Gasteiger partial charge in [0.2, 0.25) is 5.91 Å². The Morgan fingerprint density at radius 2 is 2.00 bits per heavy atom. The maximum atomic E-state index is 13.1. The first-order chi connectivity index (χ1) is 13.5. The summed E-state index contributed by atoms with van der Waals surface area (Å²) >= 11 is 0. The molecule has 7 heteroatoms. The van der Waals surface area contributed by atoms with E-state index in [-0.39, 0.29) is 28.5 Å². The number of hydrogen-bond donors (Lipinski definition) is 1. The van der Waals surface area contributed by atoms with Crippen molar-refractivity contribution in [1.82, 2.24) is 10.2 Å². The Balaban J connectivity index is 1.59. The minimum Gasteiger partial charge on any atom is -0.365 e. The van der Waals surface area contributed by atoms with Crippen molar-refractivity contribution in [2.45, 2.75) is 19.0 Å². The highest BCUT2D eigenvalue weighted by Gasteiger charge is 2.41. The van der Waals surface area contributed by atoms with Crippen molar-refractivity contribution in [3.63, 3.8) is 0 Å². The molecule has 28 heavy (non-hydrogen) atoms. The average Bonchev–Trinajstić information content (AvgIpc) is 2.71. The molecule has 0 bridgehead atoms. The number of benzene rings is 2. The van der Waals surface area contributed by atoms with Crippen molar-refractivity contribution in [1.29, 1.82) is 0 Å². The average molecular weight is 380 g/mol. The molecular formula is C21H24N4O3.